The number of esters is 1. The summed E-state index contributed by atoms with van der Waals surface area (Å²) in [6, 6.07) is 18.9. The van der Waals surface area contributed by atoms with Crippen LogP contribution in [0.25, 0.3) is 22.3 Å². The number of nitro benzene ring substituents is 1. The summed E-state index contributed by atoms with van der Waals surface area (Å²) < 4.78 is 11.4. The van der Waals surface area contributed by atoms with Gasteiger partial charge in [0.15, 0.2) is 5.76 Å². The number of non-ortho nitro benzene ring substituents is 1. The Morgan fingerprint density at radius 2 is 1.70 bits per heavy atom. The van der Waals surface area contributed by atoms with Crippen molar-refractivity contribution >= 4 is 22.6 Å². The van der Waals surface area contributed by atoms with E-state index in [2.05, 4.69) is 0 Å². The third-order valence-electron chi connectivity index (χ3n) is 4.55. The van der Waals surface area contributed by atoms with Crippen LogP contribution in [0.4, 0.5) is 5.69 Å². The van der Waals surface area contributed by atoms with Crippen LogP contribution in [0.1, 0.15) is 15.9 Å². The van der Waals surface area contributed by atoms with Crippen LogP contribution in [0.3, 0.4) is 0 Å². The van der Waals surface area contributed by atoms with Gasteiger partial charge in [-0.15, -0.1) is 0 Å². The molecule has 1 heterocycles. The number of hydrogen-bond acceptors (Lipinski definition) is 6. The number of fused-ring (bicyclic) bond motifs is 1. The van der Waals surface area contributed by atoms with Crippen LogP contribution in [0.2, 0.25) is 0 Å². The number of ether oxygens (including phenoxy) is 1. The van der Waals surface area contributed by atoms with E-state index in [0.29, 0.717) is 11.1 Å². The summed E-state index contributed by atoms with van der Waals surface area (Å²) in [5.41, 5.74) is 1.31. The first kappa shape index (κ1) is 19.1. The smallest absolute Gasteiger partial charge is 0.343 e. The minimum Gasteiger partial charge on any atom is -0.452 e. The molecule has 0 fully saturated rings. The van der Waals surface area contributed by atoms with Gasteiger partial charge in [0.1, 0.15) is 5.58 Å². The van der Waals surface area contributed by atoms with Gasteiger partial charge >= 0.3 is 5.97 Å². The quantitative estimate of drug-likeness (QED) is 0.274. The third kappa shape index (κ3) is 3.56. The lowest BCUT2D eigenvalue weighted by molar-refractivity contribution is -0.384. The Hall–Kier alpha value is -4.26. The Bertz CT molecular complexity index is 1320. The maximum absolute atomic E-state index is 13.1. The molecule has 148 valence electrons. The molecule has 0 aliphatic heterocycles. The first-order valence-corrected chi connectivity index (χ1v) is 9.03. The molecule has 7 heteroatoms. The fourth-order valence-corrected chi connectivity index (χ4v) is 3.03. The molecule has 0 aliphatic rings. The number of nitrogens with zero attached hydrogens (tertiary/aromatic N) is 1. The Labute approximate surface area is 170 Å². The summed E-state index contributed by atoms with van der Waals surface area (Å²) in [4.78, 5) is 36.0. The Balaban J connectivity index is 1.83. The van der Waals surface area contributed by atoms with Crippen molar-refractivity contribution in [3.63, 3.8) is 0 Å². The predicted molar refractivity (Wildman–Crippen MR) is 111 cm³/mol. The fourth-order valence-electron chi connectivity index (χ4n) is 3.03. The molecule has 0 unspecified atom stereocenters. The van der Waals surface area contributed by atoms with Crippen LogP contribution in [0.15, 0.2) is 82.0 Å². The summed E-state index contributed by atoms with van der Waals surface area (Å²) in [5, 5.41) is 11.1. The summed E-state index contributed by atoms with van der Waals surface area (Å²) in [7, 11) is 0. The average molecular weight is 401 g/mol. The highest BCUT2D eigenvalue weighted by molar-refractivity contribution is 5.93. The fraction of sp³-hybridized carbons (Fsp3) is 0.0435. The first-order chi connectivity index (χ1) is 14.4. The standard InChI is InChI=1S/C23H15NO6/c1-14-7-12-18-19(13-14)29-21(15-5-3-2-4-6-15)22(20(18)25)30-23(26)16-8-10-17(11-9-16)24(27)28/h2-13H,1H3. The van der Waals surface area contributed by atoms with Gasteiger partial charge in [-0.25, -0.2) is 4.79 Å². The molecule has 4 aromatic rings. The highest BCUT2D eigenvalue weighted by Crippen LogP contribution is 2.31. The number of carbonyl (C=O) groups is 1. The monoisotopic (exact) mass is 401 g/mol. The van der Waals surface area contributed by atoms with Crippen molar-refractivity contribution in [2.45, 2.75) is 6.92 Å². The molecule has 0 radical (unpaired) electrons. The lowest BCUT2D eigenvalue weighted by Gasteiger charge is -2.11. The number of carbonyl (C=O) groups excluding carboxylic acids is 1. The molecule has 0 saturated carbocycles. The topological polar surface area (TPSA) is 99.7 Å². The Morgan fingerprint density at radius 3 is 2.37 bits per heavy atom. The van der Waals surface area contributed by atoms with Crippen LogP contribution in [-0.4, -0.2) is 10.9 Å². The van der Waals surface area contributed by atoms with Gasteiger partial charge in [0.05, 0.1) is 15.9 Å². The molecular formula is C23H15NO6. The first-order valence-electron chi connectivity index (χ1n) is 9.03. The van der Waals surface area contributed by atoms with Crippen molar-refractivity contribution in [1.82, 2.24) is 0 Å². The van der Waals surface area contributed by atoms with E-state index in [-0.39, 0.29) is 28.1 Å². The van der Waals surface area contributed by atoms with Crippen molar-refractivity contribution in [1.29, 1.82) is 0 Å². The molecule has 0 spiro atoms. The molecule has 0 saturated heterocycles. The van der Waals surface area contributed by atoms with E-state index >= 15 is 0 Å². The van der Waals surface area contributed by atoms with Crippen molar-refractivity contribution < 1.29 is 18.9 Å². The zero-order chi connectivity index (χ0) is 21.3. The van der Waals surface area contributed by atoms with E-state index < -0.39 is 16.3 Å². The van der Waals surface area contributed by atoms with Gasteiger partial charge in [-0.2, -0.15) is 0 Å². The summed E-state index contributed by atoms with van der Waals surface area (Å²) in [5.74, 6) is -0.921. The molecule has 3 aromatic carbocycles. The minimum atomic E-state index is -0.819. The number of benzene rings is 3. The van der Waals surface area contributed by atoms with E-state index in [4.69, 9.17) is 9.15 Å². The van der Waals surface area contributed by atoms with Gasteiger partial charge in [-0.05, 0) is 36.8 Å². The summed E-state index contributed by atoms with van der Waals surface area (Å²) >= 11 is 0. The Morgan fingerprint density at radius 1 is 1.00 bits per heavy atom. The van der Waals surface area contributed by atoms with E-state index in [0.717, 1.165) is 5.56 Å². The highest BCUT2D eigenvalue weighted by Gasteiger charge is 2.21. The molecule has 0 aliphatic carbocycles. The predicted octanol–water partition coefficient (Wildman–Crippen LogP) is 4.90. The number of hydrogen-bond donors (Lipinski definition) is 0. The third-order valence-corrected chi connectivity index (χ3v) is 4.55. The van der Waals surface area contributed by atoms with E-state index in [1.165, 1.54) is 24.3 Å². The lowest BCUT2D eigenvalue weighted by Crippen LogP contribution is -2.16. The van der Waals surface area contributed by atoms with Crippen molar-refractivity contribution in [3.8, 4) is 17.1 Å². The molecular weight excluding hydrogens is 386 g/mol. The number of nitro groups is 1. The maximum atomic E-state index is 13.1. The Kier molecular flexibility index (Phi) is 4.85. The molecule has 0 atom stereocenters. The van der Waals surface area contributed by atoms with Gasteiger partial charge < -0.3 is 9.15 Å². The van der Waals surface area contributed by atoms with Crippen LogP contribution in [0.5, 0.6) is 5.75 Å². The van der Waals surface area contributed by atoms with Crippen LogP contribution in [0, 0.1) is 17.0 Å². The zero-order valence-corrected chi connectivity index (χ0v) is 15.8. The largest absolute Gasteiger partial charge is 0.452 e. The maximum Gasteiger partial charge on any atom is 0.343 e. The van der Waals surface area contributed by atoms with Crippen LogP contribution >= 0.6 is 0 Å². The number of rotatable bonds is 4. The zero-order valence-electron chi connectivity index (χ0n) is 15.8. The van der Waals surface area contributed by atoms with Gasteiger partial charge in [0.25, 0.3) is 5.69 Å². The SMILES string of the molecule is Cc1ccc2c(=O)c(OC(=O)c3ccc([N+](=O)[O-])cc3)c(-c3ccccc3)oc2c1. The molecule has 0 amide bonds. The average Bonchev–Trinajstić information content (AvgIpc) is 2.76. The van der Waals surface area contributed by atoms with E-state index in [9.17, 15) is 19.7 Å². The summed E-state index contributed by atoms with van der Waals surface area (Å²) in [6.07, 6.45) is 0. The molecule has 0 N–H and O–H groups in total. The minimum absolute atomic E-state index is 0.0722. The molecule has 1 aromatic heterocycles. The van der Waals surface area contributed by atoms with Crippen molar-refractivity contribution in [2.75, 3.05) is 0 Å². The van der Waals surface area contributed by atoms with Crippen LogP contribution in [-0.2, 0) is 0 Å². The second-order valence-electron chi connectivity index (χ2n) is 6.65. The normalized spacial score (nSPS) is 10.7. The van der Waals surface area contributed by atoms with Gasteiger partial charge in [-0.3, -0.25) is 14.9 Å². The van der Waals surface area contributed by atoms with Gasteiger partial charge in [0, 0.05) is 17.7 Å². The molecule has 30 heavy (non-hydrogen) atoms. The van der Waals surface area contributed by atoms with Crippen LogP contribution < -0.4 is 10.2 Å². The highest BCUT2D eigenvalue weighted by atomic mass is 16.6. The second-order valence-corrected chi connectivity index (χ2v) is 6.65. The van der Waals surface area contributed by atoms with Gasteiger partial charge in [0.2, 0.25) is 11.2 Å². The van der Waals surface area contributed by atoms with Crippen molar-refractivity contribution in [3.05, 3.63) is 104 Å². The van der Waals surface area contributed by atoms with Gasteiger partial charge in [-0.1, -0.05) is 36.4 Å². The molecule has 7 nitrogen and oxygen atoms in total. The molecule has 4 rings (SSSR count). The van der Waals surface area contributed by atoms with E-state index in [1.54, 1.807) is 42.5 Å². The second kappa shape index (κ2) is 7.63. The summed E-state index contributed by atoms with van der Waals surface area (Å²) in [6.45, 7) is 1.88. The van der Waals surface area contributed by atoms with Crippen molar-refractivity contribution in [2.24, 2.45) is 0 Å². The van der Waals surface area contributed by atoms with E-state index in [1.807, 2.05) is 13.0 Å². The number of aryl methyl sites for hydroxylation is 1. The molecule has 0 bridgehead atoms. The lowest BCUT2D eigenvalue weighted by atomic mass is 10.1.